The maximum Gasteiger partial charge on any atom is 0.418 e. The highest BCUT2D eigenvalue weighted by Crippen LogP contribution is 2.31. The summed E-state index contributed by atoms with van der Waals surface area (Å²) in [6.45, 7) is 1.52. The van der Waals surface area contributed by atoms with E-state index in [0.717, 1.165) is 18.3 Å². The van der Waals surface area contributed by atoms with Gasteiger partial charge in [-0.05, 0) is 31.2 Å². The van der Waals surface area contributed by atoms with E-state index in [1.54, 1.807) is 18.2 Å². The SMILES string of the molecule is CC(OC(=O)c1ncccc1C(F)(F)F)c1ccccn1. The lowest BCUT2D eigenvalue weighted by Crippen LogP contribution is -2.18. The molecule has 0 spiro atoms. The van der Waals surface area contributed by atoms with Crippen LogP contribution in [0.1, 0.15) is 34.8 Å². The molecule has 21 heavy (non-hydrogen) atoms. The second-order valence-electron chi connectivity index (χ2n) is 4.20. The zero-order valence-electron chi connectivity index (χ0n) is 11.0. The molecule has 1 unspecified atom stereocenters. The Balaban J connectivity index is 2.22. The number of aromatic nitrogens is 2. The van der Waals surface area contributed by atoms with Crippen molar-refractivity contribution >= 4 is 5.97 Å². The van der Waals surface area contributed by atoms with Gasteiger partial charge in [0.2, 0.25) is 0 Å². The third kappa shape index (κ3) is 3.56. The molecule has 0 aliphatic carbocycles. The summed E-state index contributed by atoms with van der Waals surface area (Å²) < 4.78 is 43.4. The highest BCUT2D eigenvalue weighted by Gasteiger charge is 2.36. The number of carbonyl (C=O) groups is 1. The number of alkyl halides is 3. The number of halogens is 3. The molecule has 110 valence electrons. The molecule has 0 amide bonds. The van der Waals surface area contributed by atoms with Gasteiger partial charge < -0.3 is 4.74 Å². The summed E-state index contributed by atoms with van der Waals surface area (Å²) in [5, 5.41) is 0. The number of nitrogens with zero attached hydrogens (tertiary/aromatic N) is 2. The van der Waals surface area contributed by atoms with E-state index in [0.29, 0.717) is 5.69 Å². The van der Waals surface area contributed by atoms with Crippen LogP contribution in [0.5, 0.6) is 0 Å². The predicted octanol–water partition coefficient (Wildman–Crippen LogP) is 3.41. The van der Waals surface area contributed by atoms with Gasteiger partial charge in [0.25, 0.3) is 0 Å². The Hall–Kier alpha value is -2.44. The van der Waals surface area contributed by atoms with E-state index < -0.39 is 29.5 Å². The molecular weight excluding hydrogens is 285 g/mol. The molecule has 0 saturated carbocycles. The van der Waals surface area contributed by atoms with Gasteiger partial charge in [-0.25, -0.2) is 9.78 Å². The van der Waals surface area contributed by atoms with Crippen LogP contribution in [0.25, 0.3) is 0 Å². The molecule has 4 nitrogen and oxygen atoms in total. The highest BCUT2D eigenvalue weighted by molar-refractivity contribution is 5.89. The van der Waals surface area contributed by atoms with Crippen molar-refractivity contribution in [2.24, 2.45) is 0 Å². The summed E-state index contributed by atoms with van der Waals surface area (Å²) in [4.78, 5) is 19.3. The van der Waals surface area contributed by atoms with Gasteiger partial charge in [-0.15, -0.1) is 0 Å². The molecule has 2 aromatic heterocycles. The molecule has 0 aliphatic heterocycles. The average Bonchev–Trinajstić information content (AvgIpc) is 2.47. The summed E-state index contributed by atoms with van der Waals surface area (Å²) in [7, 11) is 0. The predicted molar refractivity (Wildman–Crippen MR) is 67.3 cm³/mol. The molecule has 2 heterocycles. The minimum Gasteiger partial charge on any atom is -0.451 e. The molecule has 0 radical (unpaired) electrons. The van der Waals surface area contributed by atoms with E-state index in [2.05, 4.69) is 9.97 Å². The van der Waals surface area contributed by atoms with Crippen LogP contribution in [0, 0.1) is 0 Å². The molecular formula is C14H11F3N2O2. The van der Waals surface area contributed by atoms with Crippen LogP contribution in [0.3, 0.4) is 0 Å². The van der Waals surface area contributed by atoms with Crippen molar-refractivity contribution in [1.29, 1.82) is 0 Å². The van der Waals surface area contributed by atoms with Crippen LogP contribution in [-0.2, 0) is 10.9 Å². The highest BCUT2D eigenvalue weighted by atomic mass is 19.4. The van der Waals surface area contributed by atoms with Crippen LogP contribution < -0.4 is 0 Å². The maximum absolute atomic E-state index is 12.8. The van der Waals surface area contributed by atoms with Gasteiger partial charge in [0.05, 0.1) is 11.3 Å². The van der Waals surface area contributed by atoms with Crippen LogP contribution in [0.2, 0.25) is 0 Å². The normalized spacial score (nSPS) is 12.8. The standard InChI is InChI=1S/C14H11F3N2O2/c1-9(11-6-2-3-7-18-11)21-13(20)12-10(14(15,16)17)5-4-8-19-12/h2-9H,1H3. The smallest absolute Gasteiger partial charge is 0.418 e. The van der Waals surface area contributed by atoms with Gasteiger partial charge in [-0.1, -0.05) is 6.07 Å². The first-order chi connectivity index (χ1) is 9.89. The van der Waals surface area contributed by atoms with E-state index in [1.807, 2.05) is 0 Å². The summed E-state index contributed by atoms with van der Waals surface area (Å²) in [6.07, 6.45) is -2.84. The fourth-order valence-electron chi connectivity index (χ4n) is 1.69. The van der Waals surface area contributed by atoms with Crippen molar-refractivity contribution in [2.45, 2.75) is 19.2 Å². The summed E-state index contributed by atoms with van der Waals surface area (Å²) in [5.41, 5.74) is -1.44. The van der Waals surface area contributed by atoms with Crippen molar-refractivity contribution in [2.75, 3.05) is 0 Å². The molecule has 2 rings (SSSR count). The number of carbonyl (C=O) groups excluding carboxylic acids is 1. The molecule has 2 aromatic rings. The Kier molecular flexibility index (Phi) is 4.21. The molecule has 0 aromatic carbocycles. The van der Waals surface area contributed by atoms with Gasteiger partial charge >= 0.3 is 12.1 Å². The van der Waals surface area contributed by atoms with Gasteiger partial charge in [0.15, 0.2) is 5.69 Å². The zero-order valence-corrected chi connectivity index (χ0v) is 11.0. The molecule has 1 atom stereocenters. The molecule has 0 fully saturated rings. The van der Waals surface area contributed by atoms with Crippen molar-refractivity contribution in [3.05, 3.63) is 59.7 Å². The number of ether oxygens (including phenoxy) is 1. The lowest BCUT2D eigenvalue weighted by atomic mass is 10.2. The fourth-order valence-corrected chi connectivity index (χ4v) is 1.69. The first-order valence-electron chi connectivity index (χ1n) is 6.03. The van der Waals surface area contributed by atoms with E-state index in [1.165, 1.54) is 13.1 Å². The molecule has 0 bridgehead atoms. The number of esters is 1. The van der Waals surface area contributed by atoms with Crippen molar-refractivity contribution < 1.29 is 22.7 Å². The largest absolute Gasteiger partial charge is 0.451 e. The topological polar surface area (TPSA) is 52.1 Å². The van der Waals surface area contributed by atoms with Gasteiger partial charge in [0.1, 0.15) is 6.10 Å². The number of rotatable bonds is 3. The molecule has 0 saturated heterocycles. The second-order valence-corrected chi connectivity index (χ2v) is 4.20. The minimum atomic E-state index is -4.67. The Morgan fingerprint density at radius 3 is 2.48 bits per heavy atom. The minimum absolute atomic E-state index is 0.440. The number of hydrogen-bond donors (Lipinski definition) is 0. The average molecular weight is 296 g/mol. The first kappa shape index (κ1) is 15.0. The lowest BCUT2D eigenvalue weighted by molar-refractivity contribution is -0.138. The van der Waals surface area contributed by atoms with Gasteiger partial charge in [-0.3, -0.25) is 4.98 Å². The Labute approximate surface area is 118 Å². The molecule has 0 N–H and O–H groups in total. The van der Waals surface area contributed by atoms with Crippen LogP contribution in [0.15, 0.2) is 42.7 Å². The maximum atomic E-state index is 12.8. The zero-order chi connectivity index (χ0) is 15.5. The molecule has 7 heteroatoms. The Morgan fingerprint density at radius 2 is 1.86 bits per heavy atom. The van der Waals surface area contributed by atoms with Crippen molar-refractivity contribution in [3.8, 4) is 0 Å². The second kappa shape index (κ2) is 5.90. The van der Waals surface area contributed by atoms with E-state index in [-0.39, 0.29) is 0 Å². The summed E-state index contributed by atoms with van der Waals surface area (Å²) >= 11 is 0. The fraction of sp³-hybridized carbons (Fsp3) is 0.214. The van der Waals surface area contributed by atoms with Crippen LogP contribution in [0.4, 0.5) is 13.2 Å². The number of hydrogen-bond acceptors (Lipinski definition) is 4. The van der Waals surface area contributed by atoms with Crippen LogP contribution >= 0.6 is 0 Å². The van der Waals surface area contributed by atoms with Gasteiger partial charge in [-0.2, -0.15) is 13.2 Å². The summed E-state index contributed by atoms with van der Waals surface area (Å²) in [5.74, 6) is -1.14. The Morgan fingerprint density at radius 1 is 1.14 bits per heavy atom. The summed E-state index contributed by atoms with van der Waals surface area (Å²) in [6, 6.07) is 6.88. The van der Waals surface area contributed by atoms with E-state index >= 15 is 0 Å². The van der Waals surface area contributed by atoms with Gasteiger partial charge in [0, 0.05) is 12.4 Å². The first-order valence-corrected chi connectivity index (χ1v) is 6.03. The quantitative estimate of drug-likeness (QED) is 0.814. The van der Waals surface area contributed by atoms with Crippen molar-refractivity contribution in [3.63, 3.8) is 0 Å². The number of pyridine rings is 2. The molecule has 0 aliphatic rings. The van der Waals surface area contributed by atoms with Crippen molar-refractivity contribution in [1.82, 2.24) is 9.97 Å². The third-order valence-electron chi connectivity index (χ3n) is 2.69. The monoisotopic (exact) mass is 296 g/mol. The van der Waals surface area contributed by atoms with E-state index in [4.69, 9.17) is 4.74 Å². The van der Waals surface area contributed by atoms with Crippen LogP contribution in [-0.4, -0.2) is 15.9 Å². The lowest BCUT2D eigenvalue weighted by Gasteiger charge is -2.14. The Bertz CT molecular complexity index is 630. The van der Waals surface area contributed by atoms with E-state index in [9.17, 15) is 18.0 Å². The third-order valence-corrected chi connectivity index (χ3v) is 2.69.